The van der Waals surface area contributed by atoms with Gasteiger partial charge in [-0.05, 0) is 13.1 Å². The molecule has 0 aliphatic carbocycles. The van der Waals surface area contributed by atoms with Crippen molar-refractivity contribution < 1.29 is 9.59 Å². The van der Waals surface area contributed by atoms with Gasteiger partial charge in [0.05, 0.1) is 0 Å². The second kappa shape index (κ2) is 6.18. The highest BCUT2D eigenvalue weighted by Gasteiger charge is 2.23. The van der Waals surface area contributed by atoms with E-state index < -0.39 is 6.04 Å². The van der Waals surface area contributed by atoms with Gasteiger partial charge in [-0.3, -0.25) is 9.69 Å². The lowest BCUT2D eigenvalue weighted by atomic mass is 10.0. The molecule has 3 heteroatoms. The van der Waals surface area contributed by atoms with E-state index in [2.05, 4.69) is 0 Å². The van der Waals surface area contributed by atoms with Crippen LogP contribution in [0, 0.1) is 0 Å². The first-order valence-corrected chi connectivity index (χ1v) is 5.53. The molecule has 1 unspecified atom stereocenters. The van der Waals surface area contributed by atoms with Gasteiger partial charge in [-0.2, -0.15) is 0 Å². The van der Waals surface area contributed by atoms with Crippen molar-refractivity contribution in [1.29, 1.82) is 0 Å². The van der Waals surface area contributed by atoms with Crippen molar-refractivity contribution in [2.45, 2.75) is 19.9 Å². The largest absolute Gasteiger partial charge is 0.301 e. The minimum absolute atomic E-state index is 0.126. The first-order chi connectivity index (χ1) is 7.74. The van der Waals surface area contributed by atoms with E-state index in [1.807, 2.05) is 24.8 Å². The molecule has 0 aromatic heterocycles. The summed E-state index contributed by atoms with van der Waals surface area (Å²) in [5, 5.41) is 0. The molecule has 0 radical (unpaired) electrons. The molecule has 1 aromatic carbocycles. The SMILES string of the molecule is CCN(CC)C(C=O)C(=O)c1ccccc1. The number of carbonyl (C=O) groups is 2. The van der Waals surface area contributed by atoms with Crippen LogP contribution in [0.15, 0.2) is 30.3 Å². The fraction of sp³-hybridized carbons (Fsp3) is 0.385. The Morgan fingerprint density at radius 3 is 2.25 bits per heavy atom. The number of hydrogen-bond donors (Lipinski definition) is 0. The number of ketones is 1. The van der Waals surface area contributed by atoms with Gasteiger partial charge in [0.15, 0.2) is 5.78 Å². The molecule has 0 N–H and O–H groups in total. The highest BCUT2D eigenvalue weighted by molar-refractivity contribution is 6.08. The number of aldehydes is 1. The molecule has 0 saturated carbocycles. The van der Waals surface area contributed by atoms with Crippen LogP contribution >= 0.6 is 0 Å². The van der Waals surface area contributed by atoms with E-state index in [4.69, 9.17) is 0 Å². The van der Waals surface area contributed by atoms with E-state index in [1.165, 1.54) is 0 Å². The molecule has 1 aromatic rings. The van der Waals surface area contributed by atoms with Crippen LogP contribution in [-0.4, -0.2) is 36.1 Å². The lowest BCUT2D eigenvalue weighted by Gasteiger charge is -2.23. The Balaban J connectivity index is 2.89. The summed E-state index contributed by atoms with van der Waals surface area (Å²) in [5.74, 6) is -0.126. The van der Waals surface area contributed by atoms with Crippen LogP contribution in [0.25, 0.3) is 0 Å². The van der Waals surface area contributed by atoms with Gasteiger partial charge in [-0.25, -0.2) is 0 Å². The molecule has 1 atom stereocenters. The lowest BCUT2D eigenvalue weighted by molar-refractivity contribution is -0.111. The summed E-state index contributed by atoms with van der Waals surface area (Å²) in [4.78, 5) is 24.9. The molecule has 0 amide bonds. The van der Waals surface area contributed by atoms with Crippen LogP contribution < -0.4 is 0 Å². The minimum atomic E-state index is -0.655. The van der Waals surface area contributed by atoms with Gasteiger partial charge >= 0.3 is 0 Å². The van der Waals surface area contributed by atoms with Crippen LogP contribution in [0.3, 0.4) is 0 Å². The van der Waals surface area contributed by atoms with Crippen LogP contribution in [-0.2, 0) is 4.79 Å². The van der Waals surface area contributed by atoms with Crippen molar-refractivity contribution in [3.05, 3.63) is 35.9 Å². The normalized spacial score (nSPS) is 12.4. The summed E-state index contributed by atoms with van der Waals surface area (Å²) in [6.45, 7) is 5.27. The molecule has 0 aliphatic heterocycles. The molecule has 16 heavy (non-hydrogen) atoms. The van der Waals surface area contributed by atoms with Gasteiger partial charge in [-0.1, -0.05) is 44.2 Å². The monoisotopic (exact) mass is 219 g/mol. The molecular weight excluding hydrogens is 202 g/mol. The van der Waals surface area contributed by atoms with Crippen molar-refractivity contribution in [3.8, 4) is 0 Å². The number of nitrogens with zero attached hydrogens (tertiary/aromatic N) is 1. The summed E-state index contributed by atoms with van der Waals surface area (Å²) in [6, 6.07) is 8.28. The van der Waals surface area contributed by atoms with E-state index in [0.717, 1.165) is 6.29 Å². The number of benzene rings is 1. The molecule has 0 spiro atoms. The van der Waals surface area contributed by atoms with Gasteiger partial charge in [-0.15, -0.1) is 0 Å². The van der Waals surface area contributed by atoms with E-state index >= 15 is 0 Å². The topological polar surface area (TPSA) is 37.4 Å². The average Bonchev–Trinajstić information content (AvgIpc) is 2.36. The lowest BCUT2D eigenvalue weighted by Crippen LogP contribution is -2.42. The van der Waals surface area contributed by atoms with Crippen molar-refractivity contribution in [2.75, 3.05) is 13.1 Å². The smallest absolute Gasteiger partial charge is 0.187 e. The predicted molar refractivity (Wildman–Crippen MR) is 63.5 cm³/mol. The molecule has 0 aliphatic rings. The zero-order chi connectivity index (χ0) is 12.0. The Hall–Kier alpha value is -1.48. The molecule has 0 saturated heterocycles. The van der Waals surface area contributed by atoms with Gasteiger partial charge in [0.25, 0.3) is 0 Å². The third-order valence-corrected chi connectivity index (χ3v) is 2.66. The van der Waals surface area contributed by atoms with Crippen LogP contribution in [0.2, 0.25) is 0 Å². The molecule has 1 rings (SSSR count). The van der Waals surface area contributed by atoms with Crippen molar-refractivity contribution in [3.63, 3.8) is 0 Å². The van der Waals surface area contributed by atoms with Crippen molar-refractivity contribution in [2.24, 2.45) is 0 Å². The number of carbonyl (C=O) groups excluding carboxylic acids is 2. The summed E-state index contributed by atoms with van der Waals surface area (Å²) < 4.78 is 0. The number of hydrogen-bond acceptors (Lipinski definition) is 3. The maximum atomic E-state index is 12.1. The Bertz CT molecular complexity index is 344. The van der Waals surface area contributed by atoms with Crippen molar-refractivity contribution >= 4 is 12.1 Å². The molecular formula is C13H17NO2. The zero-order valence-electron chi connectivity index (χ0n) is 9.72. The summed E-state index contributed by atoms with van der Waals surface area (Å²) >= 11 is 0. The first kappa shape index (κ1) is 12.6. The van der Waals surface area contributed by atoms with E-state index in [1.54, 1.807) is 24.3 Å². The van der Waals surface area contributed by atoms with Crippen molar-refractivity contribution in [1.82, 2.24) is 4.90 Å². The maximum Gasteiger partial charge on any atom is 0.187 e. The van der Waals surface area contributed by atoms with E-state index in [9.17, 15) is 9.59 Å². The number of rotatable bonds is 6. The van der Waals surface area contributed by atoms with Gasteiger partial charge < -0.3 is 4.79 Å². The van der Waals surface area contributed by atoms with E-state index in [0.29, 0.717) is 18.7 Å². The van der Waals surface area contributed by atoms with Gasteiger partial charge in [0, 0.05) is 5.56 Å². The fourth-order valence-corrected chi connectivity index (χ4v) is 1.70. The minimum Gasteiger partial charge on any atom is -0.301 e. The molecule has 3 nitrogen and oxygen atoms in total. The zero-order valence-corrected chi connectivity index (χ0v) is 9.72. The summed E-state index contributed by atoms with van der Waals surface area (Å²) in [5.41, 5.74) is 0.589. The third kappa shape index (κ3) is 2.76. The predicted octanol–water partition coefficient (Wildman–Crippen LogP) is 1.78. The summed E-state index contributed by atoms with van der Waals surface area (Å²) in [7, 11) is 0. The third-order valence-electron chi connectivity index (χ3n) is 2.66. The Morgan fingerprint density at radius 2 is 1.81 bits per heavy atom. The number of likely N-dealkylation sites (N-methyl/N-ethyl adjacent to an activating group) is 1. The average molecular weight is 219 g/mol. The fourth-order valence-electron chi connectivity index (χ4n) is 1.70. The van der Waals surface area contributed by atoms with E-state index in [-0.39, 0.29) is 5.78 Å². The van der Waals surface area contributed by atoms with Crippen LogP contribution in [0.1, 0.15) is 24.2 Å². The highest BCUT2D eigenvalue weighted by Crippen LogP contribution is 2.07. The summed E-state index contributed by atoms with van der Waals surface area (Å²) in [6.07, 6.45) is 0.725. The standard InChI is InChI=1S/C13H17NO2/c1-3-14(4-2)12(10-15)13(16)11-8-6-5-7-9-11/h5-10,12H,3-4H2,1-2H3. The molecule has 0 bridgehead atoms. The highest BCUT2D eigenvalue weighted by atomic mass is 16.1. The molecule has 86 valence electrons. The Labute approximate surface area is 96.1 Å². The second-order valence-electron chi connectivity index (χ2n) is 3.53. The molecule has 0 heterocycles. The second-order valence-corrected chi connectivity index (χ2v) is 3.53. The Kier molecular flexibility index (Phi) is 4.86. The maximum absolute atomic E-state index is 12.1. The van der Waals surface area contributed by atoms with Crippen LogP contribution in [0.4, 0.5) is 0 Å². The van der Waals surface area contributed by atoms with Gasteiger partial charge in [0.1, 0.15) is 12.3 Å². The first-order valence-electron chi connectivity index (χ1n) is 5.53. The molecule has 0 fully saturated rings. The van der Waals surface area contributed by atoms with Gasteiger partial charge in [0.2, 0.25) is 0 Å². The number of Topliss-reactive ketones (excluding diaryl/α,β-unsaturated/α-hetero) is 1. The van der Waals surface area contributed by atoms with Crippen LogP contribution in [0.5, 0.6) is 0 Å². The Morgan fingerprint density at radius 1 is 1.25 bits per heavy atom. The quantitative estimate of drug-likeness (QED) is 0.416.